The Kier molecular flexibility index (Phi) is 3.95. The molecule has 94 valence electrons. The van der Waals surface area contributed by atoms with Crippen LogP contribution in [-0.2, 0) is 0 Å². The lowest BCUT2D eigenvalue weighted by Crippen LogP contribution is -2.34. The standard InChI is InChI=1S/C14H21ClN2/c1-10-4-3-7-17(9-10)14-6-5-12(11(2)16)8-13(14)15/h5-6,8,10-11H,3-4,7,9,16H2,1-2H3/t10?,11-/m0/s1. The molecule has 1 aliphatic rings. The normalized spacial score (nSPS) is 22.6. The highest BCUT2D eigenvalue weighted by Crippen LogP contribution is 2.31. The van der Waals surface area contributed by atoms with Gasteiger partial charge in [0.25, 0.3) is 0 Å². The monoisotopic (exact) mass is 252 g/mol. The van der Waals surface area contributed by atoms with Crippen LogP contribution in [0.3, 0.4) is 0 Å². The number of benzene rings is 1. The number of anilines is 1. The predicted molar refractivity (Wildman–Crippen MR) is 74.7 cm³/mol. The highest BCUT2D eigenvalue weighted by atomic mass is 35.5. The average Bonchev–Trinajstić information content (AvgIpc) is 2.28. The Balaban J connectivity index is 2.21. The van der Waals surface area contributed by atoms with E-state index in [1.165, 1.54) is 12.8 Å². The first-order valence-corrected chi connectivity index (χ1v) is 6.75. The smallest absolute Gasteiger partial charge is 0.0642 e. The van der Waals surface area contributed by atoms with Gasteiger partial charge in [0.15, 0.2) is 0 Å². The van der Waals surface area contributed by atoms with E-state index in [-0.39, 0.29) is 6.04 Å². The van der Waals surface area contributed by atoms with Crippen LogP contribution in [-0.4, -0.2) is 13.1 Å². The van der Waals surface area contributed by atoms with Crippen LogP contribution in [0.15, 0.2) is 18.2 Å². The summed E-state index contributed by atoms with van der Waals surface area (Å²) in [7, 11) is 0. The molecule has 17 heavy (non-hydrogen) atoms. The van der Waals surface area contributed by atoms with Gasteiger partial charge < -0.3 is 10.6 Å². The first kappa shape index (κ1) is 12.7. The van der Waals surface area contributed by atoms with Crippen molar-refractivity contribution in [2.45, 2.75) is 32.7 Å². The lowest BCUT2D eigenvalue weighted by atomic mass is 9.99. The van der Waals surface area contributed by atoms with Gasteiger partial charge in [-0.25, -0.2) is 0 Å². The summed E-state index contributed by atoms with van der Waals surface area (Å²) in [5.74, 6) is 0.757. The van der Waals surface area contributed by atoms with E-state index in [1.54, 1.807) is 0 Å². The molecule has 2 N–H and O–H groups in total. The van der Waals surface area contributed by atoms with E-state index in [0.29, 0.717) is 0 Å². The molecule has 0 spiro atoms. The van der Waals surface area contributed by atoms with Crippen molar-refractivity contribution in [3.05, 3.63) is 28.8 Å². The van der Waals surface area contributed by atoms with E-state index >= 15 is 0 Å². The van der Waals surface area contributed by atoms with E-state index in [2.05, 4.69) is 24.0 Å². The molecule has 1 heterocycles. The quantitative estimate of drug-likeness (QED) is 0.872. The summed E-state index contributed by atoms with van der Waals surface area (Å²) < 4.78 is 0. The molecular formula is C14H21ClN2. The molecule has 1 aromatic carbocycles. The second-order valence-electron chi connectivity index (χ2n) is 5.19. The van der Waals surface area contributed by atoms with Gasteiger partial charge in [0.1, 0.15) is 0 Å². The van der Waals surface area contributed by atoms with Gasteiger partial charge in [0.2, 0.25) is 0 Å². The van der Waals surface area contributed by atoms with Crippen LogP contribution in [0.2, 0.25) is 5.02 Å². The molecule has 0 amide bonds. The first-order valence-electron chi connectivity index (χ1n) is 6.38. The molecule has 1 fully saturated rings. The lowest BCUT2D eigenvalue weighted by molar-refractivity contribution is 0.447. The SMILES string of the molecule is CC1CCCN(c2ccc([C@H](C)N)cc2Cl)C1. The van der Waals surface area contributed by atoms with Gasteiger partial charge in [0.05, 0.1) is 10.7 Å². The van der Waals surface area contributed by atoms with Crippen LogP contribution in [0.25, 0.3) is 0 Å². The van der Waals surface area contributed by atoms with Gasteiger partial charge in [-0.2, -0.15) is 0 Å². The second kappa shape index (κ2) is 5.28. The molecule has 3 heteroatoms. The fourth-order valence-corrected chi connectivity index (χ4v) is 2.78. The van der Waals surface area contributed by atoms with Crippen LogP contribution in [0, 0.1) is 5.92 Å². The maximum atomic E-state index is 6.36. The fourth-order valence-electron chi connectivity index (χ4n) is 2.47. The van der Waals surface area contributed by atoms with Gasteiger partial charge >= 0.3 is 0 Å². The maximum Gasteiger partial charge on any atom is 0.0642 e. The molecule has 2 nitrogen and oxygen atoms in total. The van der Waals surface area contributed by atoms with Gasteiger partial charge in [0, 0.05) is 19.1 Å². The minimum atomic E-state index is 0.0434. The summed E-state index contributed by atoms with van der Waals surface area (Å²) in [6, 6.07) is 6.24. The van der Waals surface area contributed by atoms with Crippen molar-refractivity contribution in [2.75, 3.05) is 18.0 Å². The molecule has 1 aliphatic heterocycles. The third-order valence-corrected chi connectivity index (χ3v) is 3.80. The van der Waals surface area contributed by atoms with E-state index in [1.807, 2.05) is 13.0 Å². The largest absolute Gasteiger partial charge is 0.370 e. The molecule has 2 rings (SSSR count). The zero-order valence-electron chi connectivity index (χ0n) is 10.6. The molecule has 0 aromatic heterocycles. The highest BCUT2D eigenvalue weighted by molar-refractivity contribution is 6.33. The second-order valence-corrected chi connectivity index (χ2v) is 5.60. The van der Waals surface area contributed by atoms with Crippen molar-refractivity contribution in [2.24, 2.45) is 11.7 Å². The van der Waals surface area contributed by atoms with Crippen molar-refractivity contribution in [3.8, 4) is 0 Å². The Hall–Kier alpha value is -0.730. The number of rotatable bonds is 2. The summed E-state index contributed by atoms with van der Waals surface area (Å²) in [6.07, 6.45) is 2.58. The summed E-state index contributed by atoms with van der Waals surface area (Å²) in [5, 5.41) is 0.828. The Morgan fingerprint density at radius 1 is 1.47 bits per heavy atom. The van der Waals surface area contributed by atoms with Crippen molar-refractivity contribution in [1.29, 1.82) is 0 Å². The Morgan fingerprint density at radius 3 is 2.82 bits per heavy atom. The zero-order valence-corrected chi connectivity index (χ0v) is 11.4. The Bertz CT molecular complexity index is 390. The van der Waals surface area contributed by atoms with Gasteiger partial charge in [-0.05, 0) is 43.4 Å². The van der Waals surface area contributed by atoms with Crippen LogP contribution in [0.1, 0.15) is 38.3 Å². The van der Waals surface area contributed by atoms with E-state index < -0.39 is 0 Å². The molecule has 0 bridgehead atoms. The molecule has 2 atom stereocenters. The highest BCUT2D eigenvalue weighted by Gasteiger charge is 2.18. The third-order valence-electron chi connectivity index (χ3n) is 3.50. The fraction of sp³-hybridized carbons (Fsp3) is 0.571. The number of nitrogens with two attached hydrogens (primary N) is 1. The Labute approximate surface area is 109 Å². The van der Waals surface area contributed by atoms with Crippen LogP contribution in [0.4, 0.5) is 5.69 Å². The summed E-state index contributed by atoms with van der Waals surface area (Å²) in [4.78, 5) is 2.39. The van der Waals surface area contributed by atoms with Gasteiger partial charge in [-0.3, -0.25) is 0 Å². The lowest BCUT2D eigenvalue weighted by Gasteiger charge is -2.33. The van der Waals surface area contributed by atoms with Gasteiger partial charge in [-0.15, -0.1) is 0 Å². The Morgan fingerprint density at radius 2 is 2.24 bits per heavy atom. The van der Waals surface area contributed by atoms with Crippen LogP contribution < -0.4 is 10.6 Å². The van der Waals surface area contributed by atoms with Crippen molar-refractivity contribution in [1.82, 2.24) is 0 Å². The first-order chi connectivity index (χ1) is 8.08. The van der Waals surface area contributed by atoms with Crippen LogP contribution in [0.5, 0.6) is 0 Å². The minimum Gasteiger partial charge on any atom is -0.370 e. The van der Waals surface area contributed by atoms with Crippen molar-refractivity contribution >= 4 is 17.3 Å². The van der Waals surface area contributed by atoms with E-state index in [0.717, 1.165) is 35.3 Å². The number of hydrogen-bond acceptors (Lipinski definition) is 2. The number of piperidine rings is 1. The predicted octanol–water partition coefficient (Wildman–Crippen LogP) is 3.60. The van der Waals surface area contributed by atoms with Gasteiger partial charge in [-0.1, -0.05) is 24.6 Å². The zero-order chi connectivity index (χ0) is 12.4. The number of nitrogens with zero attached hydrogens (tertiary/aromatic N) is 1. The number of halogens is 1. The summed E-state index contributed by atoms with van der Waals surface area (Å²) >= 11 is 6.36. The topological polar surface area (TPSA) is 29.3 Å². The average molecular weight is 253 g/mol. The maximum absolute atomic E-state index is 6.36. The molecule has 1 unspecified atom stereocenters. The summed E-state index contributed by atoms with van der Waals surface area (Å²) in [5.41, 5.74) is 8.12. The summed E-state index contributed by atoms with van der Waals surface area (Å²) in [6.45, 7) is 6.50. The third kappa shape index (κ3) is 2.93. The molecule has 0 saturated carbocycles. The van der Waals surface area contributed by atoms with Crippen molar-refractivity contribution in [3.63, 3.8) is 0 Å². The molecule has 0 aliphatic carbocycles. The molecule has 0 radical (unpaired) electrons. The molecule has 1 aromatic rings. The molecular weight excluding hydrogens is 232 g/mol. The molecule has 1 saturated heterocycles. The minimum absolute atomic E-state index is 0.0434. The van der Waals surface area contributed by atoms with E-state index in [9.17, 15) is 0 Å². The van der Waals surface area contributed by atoms with Crippen LogP contribution >= 0.6 is 11.6 Å². The van der Waals surface area contributed by atoms with Crippen molar-refractivity contribution < 1.29 is 0 Å². The van der Waals surface area contributed by atoms with E-state index in [4.69, 9.17) is 17.3 Å². The number of hydrogen-bond donors (Lipinski definition) is 1.